The fraction of sp³-hybridized carbons (Fsp3) is 0.766. The van der Waals surface area contributed by atoms with Crippen molar-refractivity contribution >= 4 is 5.91 Å². The lowest BCUT2D eigenvalue weighted by Gasteiger charge is -2.40. The van der Waals surface area contributed by atoms with Crippen LogP contribution in [0.5, 0.6) is 0 Å². The van der Waals surface area contributed by atoms with Crippen LogP contribution in [0, 0.1) is 0 Å². The molecular weight excluding hydrogens is 707 g/mol. The monoisotopic (exact) mass is 790 g/mol. The number of hydrogen-bond acceptors (Lipinski definition) is 8. The molecule has 0 bridgehead atoms. The summed E-state index contributed by atoms with van der Waals surface area (Å²) in [6, 6.07) is -0.859. The predicted molar refractivity (Wildman–Crippen MR) is 230 cm³/mol. The van der Waals surface area contributed by atoms with Gasteiger partial charge in [0, 0.05) is 6.42 Å². The van der Waals surface area contributed by atoms with Crippen LogP contribution in [0.25, 0.3) is 0 Å². The molecule has 1 aliphatic heterocycles. The third-order valence-corrected chi connectivity index (χ3v) is 10.3. The largest absolute Gasteiger partial charge is 0.394 e. The highest BCUT2D eigenvalue weighted by atomic mass is 16.7. The van der Waals surface area contributed by atoms with Crippen LogP contribution in [0.2, 0.25) is 0 Å². The van der Waals surface area contributed by atoms with E-state index in [4.69, 9.17) is 9.47 Å². The molecule has 1 saturated heterocycles. The molecule has 0 aromatic rings. The molecule has 1 aliphatic rings. The van der Waals surface area contributed by atoms with Gasteiger partial charge in [0.05, 0.1) is 25.4 Å². The summed E-state index contributed by atoms with van der Waals surface area (Å²) in [6.45, 7) is 3.69. The minimum atomic E-state index is -1.58. The van der Waals surface area contributed by atoms with Crippen LogP contribution in [0.15, 0.2) is 60.8 Å². The molecule has 324 valence electrons. The van der Waals surface area contributed by atoms with E-state index in [1.165, 1.54) is 103 Å². The van der Waals surface area contributed by atoms with Crippen LogP contribution in [0.3, 0.4) is 0 Å². The molecule has 0 aromatic carbocycles. The first-order valence-electron chi connectivity index (χ1n) is 22.5. The highest BCUT2D eigenvalue weighted by Gasteiger charge is 2.44. The quantitative estimate of drug-likeness (QED) is 0.0272. The van der Waals surface area contributed by atoms with Crippen LogP contribution in [-0.2, 0) is 14.3 Å². The van der Waals surface area contributed by atoms with E-state index in [2.05, 4.69) is 55.6 Å². The zero-order valence-electron chi connectivity index (χ0n) is 35.4. The molecule has 0 aromatic heterocycles. The molecule has 1 heterocycles. The SMILES string of the molecule is CCCCCCCC/C=C\C/C=C\CCC(=O)NC(COC1OC(CO)C(O)C(O)C1O)C(O)/C=C/CC/C=C/CC/C=C/CCCCCCCCCCCC. The second kappa shape index (κ2) is 37.2. The van der Waals surface area contributed by atoms with Gasteiger partial charge in [-0.2, -0.15) is 0 Å². The van der Waals surface area contributed by atoms with Crippen molar-refractivity contribution in [3.05, 3.63) is 60.8 Å². The average Bonchev–Trinajstić information content (AvgIpc) is 3.20. The summed E-state index contributed by atoms with van der Waals surface area (Å²) in [5, 5.41) is 54.0. The second-order valence-electron chi connectivity index (χ2n) is 15.5. The molecular formula is C47H83NO8. The van der Waals surface area contributed by atoms with Crippen molar-refractivity contribution in [3.63, 3.8) is 0 Å². The average molecular weight is 790 g/mol. The summed E-state index contributed by atoms with van der Waals surface area (Å²) >= 11 is 0. The van der Waals surface area contributed by atoms with E-state index in [0.717, 1.165) is 38.5 Å². The molecule has 1 rings (SSSR count). The van der Waals surface area contributed by atoms with Crippen molar-refractivity contribution in [2.24, 2.45) is 0 Å². The number of aliphatic hydroxyl groups excluding tert-OH is 5. The maximum absolute atomic E-state index is 12.9. The van der Waals surface area contributed by atoms with E-state index >= 15 is 0 Å². The first-order chi connectivity index (χ1) is 27.3. The molecule has 1 amide bonds. The van der Waals surface area contributed by atoms with E-state index in [0.29, 0.717) is 12.8 Å². The Morgan fingerprint density at radius 3 is 1.61 bits per heavy atom. The van der Waals surface area contributed by atoms with E-state index < -0.39 is 49.5 Å². The Morgan fingerprint density at radius 2 is 1.07 bits per heavy atom. The number of amides is 1. The Kier molecular flexibility index (Phi) is 34.5. The van der Waals surface area contributed by atoms with Gasteiger partial charge in [0.25, 0.3) is 0 Å². The lowest BCUT2D eigenvalue weighted by Crippen LogP contribution is -2.60. The molecule has 6 N–H and O–H groups in total. The summed E-state index contributed by atoms with van der Waals surface area (Å²) in [5.74, 6) is -0.261. The molecule has 7 atom stereocenters. The van der Waals surface area contributed by atoms with Gasteiger partial charge in [-0.25, -0.2) is 0 Å². The van der Waals surface area contributed by atoms with Gasteiger partial charge in [-0.15, -0.1) is 0 Å². The summed E-state index contributed by atoms with van der Waals surface area (Å²) in [7, 11) is 0. The fourth-order valence-corrected chi connectivity index (χ4v) is 6.65. The Balaban J connectivity index is 2.44. The lowest BCUT2D eigenvalue weighted by atomic mass is 9.99. The van der Waals surface area contributed by atoms with E-state index in [9.17, 15) is 30.3 Å². The maximum atomic E-state index is 12.9. The minimum absolute atomic E-state index is 0.226. The Hall–Kier alpha value is -2.11. The van der Waals surface area contributed by atoms with E-state index in [1.54, 1.807) is 6.08 Å². The third-order valence-electron chi connectivity index (χ3n) is 10.3. The van der Waals surface area contributed by atoms with Crippen molar-refractivity contribution in [1.82, 2.24) is 5.32 Å². The molecule has 0 spiro atoms. The summed E-state index contributed by atoms with van der Waals surface area (Å²) in [5.41, 5.74) is 0. The third kappa shape index (κ3) is 27.5. The first-order valence-corrected chi connectivity index (χ1v) is 22.5. The highest BCUT2D eigenvalue weighted by molar-refractivity contribution is 5.76. The van der Waals surface area contributed by atoms with Crippen LogP contribution in [0.1, 0.15) is 174 Å². The lowest BCUT2D eigenvalue weighted by molar-refractivity contribution is -0.302. The number of carbonyl (C=O) groups is 1. The molecule has 9 heteroatoms. The molecule has 56 heavy (non-hydrogen) atoms. The molecule has 1 fully saturated rings. The Bertz CT molecular complexity index is 1060. The van der Waals surface area contributed by atoms with Gasteiger partial charge in [0.1, 0.15) is 24.4 Å². The Labute approximate surface area is 341 Å². The molecule has 0 radical (unpaired) electrons. The van der Waals surface area contributed by atoms with Gasteiger partial charge >= 0.3 is 0 Å². The van der Waals surface area contributed by atoms with Crippen molar-refractivity contribution in [3.8, 4) is 0 Å². The standard InChI is InChI=1S/C47H83NO8/c1-3-5-7-9-11-13-15-17-18-19-20-21-22-23-25-26-28-30-32-34-36-41(50)40(39-55-47-46(54)45(53)44(52)42(38-49)56-47)48-43(51)37-35-33-31-29-27-24-16-14-12-10-8-6-4-2/h21-22,24,26-28,31,33-34,36,40-42,44-47,49-50,52-54H,3-20,23,25,29-30,32,35,37-39H2,1-2H3,(H,48,51)/b22-21+,27-24-,28-26+,33-31-,36-34+. The topological polar surface area (TPSA) is 149 Å². The van der Waals surface area contributed by atoms with Gasteiger partial charge in [0.2, 0.25) is 5.91 Å². The molecule has 0 aliphatic carbocycles. The molecule has 7 unspecified atom stereocenters. The van der Waals surface area contributed by atoms with E-state index in [1.807, 2.05) is 18.2 Å². The highest BCUT2D eigenvalue weighted by Crippen LogP contribution is 2.22. The van der Waals surface area contributed by atoms with Gasteiger partial charge < -0.3 is 40.3 Å². The van der Waals surface area contributed by atoms with Crippen LogP contribution < -0.4 is 5.32 Å². The number of ether oxygens (including phenoxy) is 2. The summed E-state index contributed by atoms with van der Waals surface area (Å²) < 4.78 is 11.2. The Morgan fingerprint density at radius 1 is 0.607 bits per heavy atom. The van der Waals surface area contributed by atoms with Crippen molar-refractivity contribution < 1.29 is 39.8 Å². The van der Waals surface area contributed by atoms with Gasteiger partial charge in [-0.3, -0.25) is 4.79 Å². The summed E-state index contributed by atoms with van der Waals surface area (Å²) in [6.07, 6.45) is 41.4. The zero-order chi connectivity index (χ0) is 40.9. The van der Waals surface area contributed by atoms with Crippen LogP contribution in [0.4, 0.5) is 0 Å². The van der Waals surface area contributed by atoms with Gasteiger partial charge in [0.15, 0.2) is 6.29 Å². The molecule has 9 nitrogen and oxygen atoms in total. The van der Waals surface area contributed by atoms with Crippen molar-refractivity contribution in [2.75, 3.05) is 13.2 Å². The zero-order valence-corrected chi connectivity index (χ0v) is 35.4. The molecule has 0 saturated carbocycles. The predicted octanol–water partition coefficient (Wildman–Crippen LogP) is 9.22. The van der Waals surface area contributed by atoms with Crippen LogP contribution in [-0.4, -0.2) is 87.5 Å². The minimum Gasteiger partial charge on any atom is -0.394 e. The first kappa shape index (κ1) is 51.9. The second-order valence-corrected chi connectivity index (χ2v) is 15.5. The van der Waals surface area contributed by atoms with Crippen molar-refractivity contribution in [2.45, 2.75) is 217 Å². The number of hydrogen-bond donors (Lipinski definition) is 6. The van der Waals surface area contributed by atoms with Crippen molar-refractivity contribution in [1.29, 1.82) is 0 Å². The number of nitrogens with one attached hydrogen (secondary N) is 1. The number of unbranched alkanes of at least 4 members (excludes halogenated alkanes) is 18. The number of allylic oxidation sites excluding steroid dienone is 9. The normalized spacial score (nSPS) is 21.7. The van der Waals surface area contributed by atoms with Gasteiger partial charge in [-0.05, 0) is 64.2 Å². The fourth-order valence-electron chi connectivity index (χ4n) is 6.65. The number of carbonyl (C=O) groups excluding carboxylic acids is 1. The number of rotatable bonds is 36. The maximum Gasteiger partial charge on any atom is 0.220 e. The van der Waals surface area contributed by atoms with E-state index in [-0.39, 0.29) is 18.9 Å². The number of aliphatic hydroxyl groups is 5. The smallest absolute Gasteiger partial charge is 0.220 e. The van der Waals surface area contributed by atoms with Crippen LogP contribution >= 0.6 is 0 Å². The summed E-state index contributed by atoms with van der Waals surface area (Å²) in [4.78, 5) is 12.9. The van der Waals surface area contributed by atoms with Gasteiger partial charge in [-0.1, -0.05) is 164 Å².